The van der Waals surface area contributed by atoms with Gasteiger partial charge in [0.05, 0.1) is 0 Å². The number of hydrogen-bond acceptors (Lipinski definition) is 3. The Morgan fingerprint density at radius 2 is 1.71 bits per heavy atom. The first kappa shape index (κ1) is 17.5. The van der Waals surface area contributed by atoms with Gasteiger partial charge in [0.25, 0.3) is 5.91 Å². The maximum absolute atomic E-state index is 12.5. The van der Waals surface area contributed by atoms with E-state index >= 15 is 0 Å². The first-order valence-electron chi connectivity index (χ1n) is 7.46. The molecule has 1 heterocycles. The molecule has 0 aliphatic carbocycles. The second-order valence-electron chi connectivity index (χ2n) is 7.69. The molecule has 0 aromatic carbocycles. The predicted octanol–water partition coefficient (Wildman–Crippen LogP) is 3.59. The van der Waals surface area contributed by atoms with E-state index in [4.69, 9.17) is 0 Å². The Kier molecular flexibility index (Phi) is 5.03. The highest BCUT2D eigenvalue weighted by Crippen LogP contribution is 2.24. The number of pyridine rings is 1. The van der Waals surface area contributed by atoms with E-state index in [9.17, 15) is 4.79 Å². The first-order valence-corrected chi connectivity index (χ1v) is 7.46. The van der Waals surface area contributed by atoms with Gasteiger partial charge in [0.2, 0.25) is 0 Å². The lowest BCUT2D eigenvalue weighted by Crippen LogP contribution is -2.41. The lowest BCUT2D eigenvalue weighted by Gasteiger charge is -2.28. The van der Waals surface area contributed by atoms with E-state index in [0.717, 1.165) is 11.5 Å². The summed E-state index contributed by atoms with van der Waals surface area (Å²) in [5, 5.41) is 6.10. The Balaban J connectivity index is 3.10. The summed E-state index contributed by atoms with van der Waals surface area (Å²) in [5.74, 6) is 0.665. The average Bonchev–Trinajstić information content (AvgIpc) is 2.35. The molecule has 21 heavy (non-hydrogen) atoms. The Morgan fingerprint density at radius 1 is 1.14 bits per heavy atom. The van der Waals surface area contributed by atoms with Crippen molar-refractivity contribution < 1.29 is 4.79 Å². The number of hydrogen-bond donors (Lipinski definition) is 2. The fourth-order valence-electron chi connectivity index (χ4n) is 1.67. The molecule has 0 saturated carbocycles. The van der Waals surface area contributed by atoms with Gasteiger partial charge in [-0.1, -0.05) is 41.5 Å². The van der Waals surface area contributed by atoms with Crippen LogP contribution < -0.4 is 10.6 Å². The first-order chi connectivity index (χ1) is 9.45. The van der Waals surface area contributed by atoms with Crippen molar-refractivity contribution in [2.75, 3.05) is 12.4 Å². The quantitative estimate of drug-likeness (QED) is 0.895. The fourth-order valence-corrected chi connectivity index (χ4v) is 1.67. The van der Waals surface area contributed by atoms with Gasteiger partial charge < -0.3 is 10.6 Å². The third kappa shape index (κ3) is 4.73. The van der Waals surface area contributed by atoms with Crippen LogP contribution in [0.1, 0.15) is 64.5 Å². The van der Waals surface area contributed by atoms with E-state index in [-0.39, 0.29) is 22.8 Å². The number of rotatable bonds is 3. The lowest BCUT2D eigenvalue weighted by molar-refractivity contribution is 0.0910. The Hall–Kier alpha value is -1.58. The minimum absolute atomic E-state index is 0.0292. The van der Waals surface area contributed by atoms with Crippen molar-refractivity contribution in [1.29, 1.82) is 0 Å². The van der Waals surface area contributed by atoms with Crippen LogP contribution in [0.2, 0.25) is 0 Å². The number of anilines is 1. The van der Waals surface area contributed by atoms with Gasteiger partial charge >= 0.3 is 0 Å². The van der Waals surface area contributed by atoms with Gasteiger partial charge in [-0.3, -0.25) is 4.79 Å². The molecular weight excluding hydrogens is 262 g/mol. The van der Waals surface area contributed by atoms with E-state index in [1.165, 1.54) is 0 Å². The summed E-state index contributed by atoms with van der Waals surface area (Å²) in [5.41, 5.74) is 1.48. The number of carbonyl (C=O) groups is 1. The second-order valence-corrected chi connectivity index (χ2v) is 7.69. The standard InChI is InChI=1S/C17H29N3O/c1-11(16(2,3)4)19-15(21)12-9-13(17(5,6)7)20-14(10-12)18-8/h9-11H,1-8H3,(H,18,20)(H,19,21). The molecule has 1 unspecified atom stereocenters. The Morgan fingerprint density at radius 3 is 2.14 bits per heavy atom. The summed E-state index contributed by atoms with van der Waals surface area (Å²) < 4.78 is 0. The molecule has 0 fully saturated rings. The fraction of sp³-hybridized carbons (Fsp3) is 0.647. The minimum Gasteiger partial charge on any atom is -0.373 e. The van der Waals surface area contributed by atoms with Gasteiger partial charge in [0, 0.05) is 29.8 Å². The molecule has 1 rings (SSSR count). The van der Waals surface area contributed by atoms with Crippen LogP contribution in [0.25, 0.3) is 0 Å². The molecule has 2 N–H and O–H groups in total. The molecule has 0 aliphatic heterocycles. The topological polar surface area (TPSA) is 54.0 Å². The van der Waals surface area contributed by atoms with Gasteiger partial charge in [0.15, 0.2) is 0 Å². The van der Waals surface area contributed by atoms with E-state index in [1.54, 1.807) is 6.07 Å². The SMILES string of the molecule is CNc1cc(C(=O)NC(C)C(C)(C)C)cc(C(C)(C)C)n1. The zero-order valence-corrected chi connectivity index (χ0v) is 14.6. The summed E-state index contributed by atoms with van der Waals surface area (Å²) in [6.07, 6.45) is 0. The zero-order chi connectivity index (χ0) is 16.4. The number of amides is 1. The summed E-state index contributed by atoms with van der Waals surface area (Å²) in [4.78, 5) is 17.0. The van der Waals surface area contributed by atoms with Crippen LogP contribution in [0.4, 0.5) is 5.82 Å². The molecule has 0 saturated heterocycles. The van der Waals surface area contributed by atoms with Gasteiger partial charge in [-0.05, 0) is 24.5 Å². The van der Waals surface area contributed by atoms with Crippen molar-refractivity contribution in [1.82, 2.24) is 10.3 Å². The highest BCUT2D eigenvalue weighted by Gasteiger charge is 2.24. The molecule has 1 aromatic heterocycles. The summed E-state index contributed by atoms with van der Waals surface area (Å²) in [7, 11) is 1.81. The van der Waals surface area contributed by atoms with E-state index in [2.05, 4.69) is 57.2 Å². The van der Waals surface area contributed by atoms with Crippen LogP contribution in [0.5, 0.6) is 0 Å². The minimum atomic E-state index is -0.0997. The molecule has 4 nitrogen and oxygen atoms in total. The van der Waals surface area contributed by atoms with Crippen molar-refractivity contribution in [2.24, 2.45) is 5.41 Å². The largest absolute Gasteiger partial charge is 0.373 e. The Bertz CT molecular complexity index is 510. The summed E-state index contributed by atoms with van der Waals surface area (Å²) >= 11 is 0. The maximum Gasteiger partial charge on any atom is 0.251 e. The predicted molar refractivity (Wildman–Crippen MR) is 88.9 cm³/mol. The summed E-state index contributed by atoms with van der Waals surface area (Å²) in [6, 6.07) is 3.76. The van der Waals surface area contributed by atoms with E-state index < -0.39 is 0 Å². The highest BCUT2D eigenvalue weighted by molar-refractivity contribution is 5.95. The number of nitrogens with one attached hydrogen (secondary N) is 2. The lowest BCUT2D eigenvalue weighted by atomic mass is 9.87. The van der Waals surface area contributed by atoms with Crippen LogP contribution in [-0.4, -0.2) is 24.0 Å². The third-order valence-corrected chi connectivity index (χ3v) is 3.76. The van der Waals surface area contributed by atoms with Crippen molar-refractivity contribution in [3.05, 3.63) is 23.4 Å². The maximum atomic E-state index is 12.5. The Labute approximate surface area is 128 Å². The van der Waals surface area contributed by atoms with Gasteiger partial charge in [-0.25, -0.2) is 4.98 Å². The molecule has 0 bridgehead atoms. The normalized spacial score (nSPS) is 13.7. The molecule has 118 valence electrons. The highest BCUT2D eigenvalue weighted by atomic mass is 16.1. The molecule has 1 aromatic rings. The van der Waals surface area contributed by atoms with E-state index in [0.29, 0.717) is 5.56 Å². The third-order valence-electron chi connectivity index (χ3n) is 3.76. The van der Waals surface area contributed by atoms with Crippen molar-refractivity contribution in [3.63, 3.8) is 0 Å². The van der Waals surface area contributed by atoms with Crippen LogP contribution in [0.15, 0.2) is 12.1 Å². The van der Waals surface area contributed by atoms with Gasteiger partial charge in [-0.15, -0.1) is 0 Å². The average molecular weight is 291 g/mol. The van der Waals surface area contributed by atoms with Crippen LogP contribution in [-0.2, 0) is 5.41 Å². The number of nitrogens with zero attached hydrogens (tertiary/aromatic N) is 1. The van der Waals surface area contributed by atoms with Gasteiger partial charge in [-0.2, -0.15) is 0 Å². The van der Waals surface area contributed by atoms with Crippen molar-refractivity contribution >= 4 is 11.7 Å². The van der Waals surface area contributed by atoms with E-state index in [1.807, 2.05) is 20.0 Å². The molecule has 0 aliphatic rings. The van der Waals surface area contributed by atoms with Crippen molar-refractivity contribution in [3.8, 4) is 0 Å². The second kappa shape index (κ2) is 6.04. The number of carbonyl (C=O) groups excluding carboxylic acids is 1. The molecule has 4 heteroatoms. The van der Waals surface area contributed by atoms with Crippen LogP contribution in [0, 0.1) is 5.41 Å². The monoisotopic (exact) mass is 291 g/mol. The molecule has 1 atom stereocenters. The van der Waals surface area contributed by atoms with Crippen LogP contribution in [0.3, 0.4) is 0 Å². The zero-order valence-electron chi connectivity index (χ0n) is 14.6. The smallest absolute Gasteiger partial charge is 0.251 e. The molecular formula is C17H29N3O. The van der Waals surface area contributed by atoms with Gasteiger partial charge in [0.1, 0.15) is 5.82 Å². The van der Waals surface area contributed by atoms with Crippen molar-refractivity contribution in [2.45, 2.75) is 59.9 Å². The molecule has 0 spiro atoms. The number of aromatic nitrogens is 1. The summed E-state index contributed by atoms with van der Waals surface area (Å²) in [6.45, 7) is 14.7. The van der Waals surface area contributed by atoms with Crippen LogP contribution >= 0.6 is 0 Å². The molecule has 1 amide bonds. The molecule has 0 radical (unpaired) electrons.